The van der Waals surface area contributed by atoms with Gasteiger partial charge in [-0.3, -0.25) is 9.59 Å². The van der Waals surface area contributed by atoms with Crippen LogP contribution in [0.5, 0.6) is 0 Å². The van der Waals surface area contributed by atoms with Gasteiger partial charge in [-0.25, -0.2) is 0 Å². The summed E-state index contributed by atoms with van der Waals surface area (Å²) in [4.78, 5) is 21.1. The van der Waals surface area contributed by atoms with E-state index in [0.29, 0.717) is 25.6 Å². The Labute approximate surface area is 70.5 Å². The Hall–Kier alpha value is -0.900. The van der Waals surface area contributed by atoms with E-state index in [1.165, 1.54) is 0 Å². The van der Waals surface area contributed by atoms with Gasteiger partial charge in [0, 0.05) is 18.8 Å². The SMILES string of the molecule is O=C(O)CCC(=O)CC1COC1. The van der Waals surface area contributed by atoms with E-state index in [4.69, 9.17) is 9.84 Å². The molecule has 1 fully saturated rings. The second-order valence-electron chi connectivity index (χ2n) is 3.04. The Morgan fingerprint density at radius 2 is 2.00 bits per heavy atom. The topological polar surface area (TPSA) is 63.6 Å². The summed E-state index contributed by atoms with van der Waals surface area (Å²) in [6.45, 7) is 1.30. The van der Waals surface area contributed by atoms with Gasteiger partial charge in [-0.1, -0.05) is 0 Å². The van der Waals surface area contributed by atoms with E-state index >= 15 is 0 Å². The van der Waals surface area contributed by atoms with Crippen molar-refractivity contribution in [2.75, 3.05) is 13.2 Å². The number of hydrogen-bond acceptors (Lipinski definition) is 3. The van der Waals surface area contributed by atoms with Gasteiger partial charge < -0.3 is 9.84 Å². The number of carbonyl (C=O) groups excluding carboxylic acids is 1. The quantitative estimate of drug-likeness (QED) is 0.654. The molecule has 4 heteroatoms. The molecule has 1 aliphatic rings. The maximum Gasteiger partial charge on any atom is 0.303 e. The van der Waals surface area contributed by atoms with Crippen molar-refractivity contribution in [2.24, 2.45) is 5.92 Å². The van der Waals surface area contributed by atoms with Crippen molar-refractivity contribution in [3.05, 3.63) is 0 Å². The minimum absolute atomic E-state index is 0.0331. The van der Waals surface area contributed by atoms with Gasteiger partial charge in [0.15, 0.2) is 0 Å². The minimum Gasteiger partial charge on any atom is -0.481 e. The van der Waals surface area contributed by atoms with Gasteiger partial charge in [0.1, 0.15) is 5.78 Å². The van der Waals surface area contributed by atoms with Crippen molar-refractivity contribution in [1.29, 1.82) is 0 Å². The van der Waals surface area contributed by atoms with Crippen LogP contribution in [0.25, 0.3) is 0 Å². The van der Waals surface area contributed by atoms with Crippen LogP contribution < -0.4 is 0 Å². The normalized spacial score (nSPS) is 17.0. The molecular weight excluding hydrogens is 160 g/mol. The van der Waals surface area contributed by atoms with Crippen molar-refractivity contribution < 1.29 is 19.4 Å². The molecule has 0 aromatic carbocycles. The average Bonchev–Trinajstić information content (AvgIpc) is 1.93. The molecule has 68 valence electrons. The number of aliphatic carboxylic acids is 1. The summed E-state index contributed by atoms with van der Waals surface area (Å²) in [6.07, 6.45) is 0.589. The molecule has 1 rings (SSSR count). The minimum atomic E-state index is -0.909. The molecule has 1 aliphatic heterocycles. The van der Waals surface area contributed by atoms with Crippen molar-refractivity contribution in [3.63, 3.8) is 0 Å². The number of ether oxygens (including phenoxy) is 1. The van der Waals surface area contributed by atoms with Crippen LogP contribution in [0.2, 0.25) is 0 Å². The fourth-order valence-corrected chi connectivity index (χ4v) is 1.07. The molecule has 0 spiro atoms. The number of carbonyl (C=O) groups is 2. The molecule has 0 amide bonds. The third-order valence-electron chi connectivity index (χ3n) is 1.84. The summed E-state index contributed by atoms with van der Waals surface area (Å²) in [5.74, 6) is -0.537. The van der Waals surface area contributed by atoms with Crippen LogP contribution in [-0.2, 0) is 14.3 Å². The van der Waals surface area contributed by atoms with Crippen LogP contribution in [0, 0.1) is 5.92 Å². The Bertz CT molecular complexity index is 183. The molecule has 4 nitrogen and oxygen atoms in total. The molecular formula is C8H12O4. The third-order valence-corrected chi connectivity index (χ3v) is 1.84. The monoisotopic (exact) mass is 172 g/mol. The van der Waals surface area contributed by atoms with Gasteiger partial charge >= 0.3 is 5.97 Å². The molecule has 12 heavy (non-hydrogen) atoms. The zero-order chi connectivity index (χ0) is 8.97. The van der Waals surface area contributed by atoms with Gasteiger partial charge in [-0.15, -0.1) is 0 Å². The summed E-state index contributed by atoms with van der Waals surface area (Å²) >= 11 is 0. The molecule has 0 aromatic heterocycles. The van der Waals surface area contributed by atoms with Crippen molar-refractivity contribution >= 4 is 11.8 Å². The van der Waals surface area contributed by atoms with Crippen LogP contribution in [-0.4, -0.2) is 30.1 Å². The first-order valence-corrected chi connectivity index (χ1v) is 3.99. The Kier molecular flexibility index (Phi) is 3.22. The standard InChI is InChI=1S/C8H12O4/c9-7(1-2-8(10)11)3-6-4-12-5-6/h6H,1-5H2,(H,10,11). The number of rotatable bonds is 5. The molecule has 0 saturated carbocycles. The molecule has 0 unspecified atom stereocenters. The average molecular weight is 172 g/mol. The smallest absolute Gasteiger partial charge is 0.303 e. The Balaban J connectivity index is 2.06. The first kappa shape index (κ1) is 9.19. The molecule has 0 aromatic rings. The molecule has 0 aliphatic carbocycles. The maximum absolute atomic E-state index is 11.0. The molecule has 0 atom stereocenters. The number of hydrogen-bond donors (Lipinski definition) is 1. The molecule has 1 heterocycles. The summed E-state index contributed by atoms with van der Waals surface area (Å²) in [6, 6.07) is 0. The van der Waals surface area contributed by atoms with E-state index < -0.39 is 5.97 Å². The lowest BCUT2D eigenvalue weighted by Gasteiger charge is -2.24. The van der Waals surface area contributed by atoms with Crippen LogP contribution in [0.1, 0.15) is 19.3 Å². The van der Waals surface area contributed by atoms with E-state index in [9.17, 15) is 9.59 Å². The number of ketones is 1. The van der Waals surface area contributed by atoms with Crippen molar-refractivity contribution in [3.8, 4) is 0 Å². The van der Waals surface area contributed by atoms with Crippen LogP contribution in [0.3, 0.4) is 0 Å². The molecule has 0 bridgehead atoms. The number of carboxylic acid groups (broad SMARTS) is 1. The van der Waals surface area contributed by atoms with Crippen LogP contribution in [0.15, 0.2) is 0 Å². The van der Waals surface area contributed by atoms with Gasteiger partial charge in [0.05, 0.1) is 19.6 Å². The maximum atomic E-state index is 11.0. The zero-order valence-electron chi connectivity index (χ0n) is 6.78. The van der Waals surface area contributed by atoms with Crippen LogP contribution in [0.4, 0.5) is 0 Å². The fourth-order valence-electron chi connectivity index (χ4n) is 1.07. The predicted molar refractivity (Wildman–Crippen MR) is 40.8 cm³/mol. The second-order valence-corrected chi connectivity index (χ2v) is 3.04. The van der Waals surface area contributed by atoms with Gasteiger partial charge in [-0.2, -0.15) is 0 Å². The Morgan fingerprint density at radius 1 is 1.33 bits per heavy atom. The highest BCUT2D eigenvalue weighted by Gasteiger charge is 2.21. The van der Waals surface area contributed by atoms with Gasteiger partial charge in [0.2, 0.25) is 0 Å². The highest BCUT2D eigenvalue weighted by atomic mass is 16.5. The first-order chi connectivity index (χ1) is 5.68. The van der Waals surface area contributed by atoms with Crippen molar-refractivity contribution in [2.45, 2.75) is 19.3 Å². The molecule has 0 radical (unpaired) electrons. The number of Topliss-reactive ketones (excluding diaryl/α,β-unsaturated/α-hetero) is 1. The van der Waals surface area contributed by atoms with E-state index in [1.54, 1.807) is 0 Å². The first-order valence-electron chi connectivity index (χ1n) is 3.99. The van der Waals surface area contributed by atoms with E-state index in [2.05, 4.69) is 0 Å². The van der Waals surface area contributed by atoms with Crippen LogP contribution >= 0.6 is 0 Å². The lowest BCUT2D eigenvalue weighted by molar-refractivity contribution is -0.139. The van der Waals surface area contributed by atoms with E-state index in [0.717, 1.165) is 0 Å². The summed E-state index contributed by atoms with van der Waals surface area (Å²) in [7, 11) is 0. The zero-order valence-corrected chi connectivity index (χ0v) is 6.78. The Morgan fingerprint density at radius 3 is 2.42 bits per heavy atom. The third kappa shape index (κ3) is 3.00. The highest BCUT2D eigenvalue weighted by molar-refractivity contribution is 5.82. The van der Waals surface area contributed by atoms with E-state index in [1.807, 2.05) is 0 Å². The largest absolute Gasteiger partial charge is 0.481 e. The van der Waals surface area contributed by atoms with E-state index in [-0.39, 0.29) is 18.6 Å². The second kappa shape index (κ2) is 4.21. The fraction of sp³-hybridized carbons (Fsp3) is 0.750. The highest BCUT2D eigenvalue weighted by Crippen LogP contribution is 2.15. The lowest BCUT2D eigenvalue weighted by atomic mass is 9.99. The summed E-state index contributed by atoms with van der Waals surface area (Å²) < 4.78 is 4.89. The lowest BCUT2D eigenvalue weighted by Crippen LogP contribution is -2.29. The molecule has 1 N–H and O–H groups in total. The van der Waals surface area contributed by atoms with Crippen molar-refractivity contribution in [1.82, 2.24) is 0 Å². The summed E-state index contributed by atoms with van der Waals surface area (Å²) in [5, 5.41) is 8.29. The summed E-state index contributed by atoms with van der Waals surface area (Å²) in [5.41, 5.74) is 0. The van der Waals surface area contributed by atoms with Gasteiger partial charge in [-0.05, 0) is 0 Å². The predicted octanol–water partition coefficient (Wildman–Crippen LogP) is 0.457. The molecule has 1 saturated heterocycles. The van der Waals surface area contributed by atoms with Gasteiger partial charge in [0.25, 0.3) is 0 Å². The number of carboxylic acids is 1.